The van der Waals surface area contributed by atoms with E-state index in [9.17, 15) is 13.2 Å². The Hall–Kier alpha value is -2.59. The van der Waals surface area contributed by atoms with E-state index >= 15 is 0 Å². The summed E-state index contributed by atoms with van der Waals surface area (Å²) in [5, 5.41) is 4.56. The second-order valence-electron chi connectivity index (χ2n) is 7.14. The van der Waals surface area contributed by atoms with Crippen LogP contribution in [0.25, 0.3) is 10.2 Å². The van der Waals surface area contributed by atoms with Crippen LogP contribution in [0.15, 0.2) is 35.8 Å². The van der Waals surface area contributed by atoms with Crippen molar-refractivity contribution in [2.45, 2.75) is 24.6 Å². The third-order valence-electron chi connectivity index (χ3n) is 5.02. The summed E-state index contributed by atoms with van der Waals surface area (Å²) in [5.74, 6) is 0.0794. The van der Waals surface area contributed by atoms with E-state index in [2.05, 4.69) is 20.3 Å². The maximum atomic E-state index is 13.1. The minimum Gasteiger partial charge on any atom is -0.346 e. The standard InChI is InChI=1S/C19H21N5O3S2/c1-12(14-5-3-4-8-20-14)21-19-22-15-7-10-28-17(15)16(23-19)18(25)24-9-6-13(11-24)29(2,26)27/h3-5,7-8,10,12-13H,6,9,11H2,1-2H3,(H,21,22,23). The zero-order valence-corrected chi connectivity index (χ0v) is 17.7. The van der Waals surface area contributed by atoms with Gasteiger partial charge in [0.05, 0.1) is 27.2 Å². The van der Waals surface area contributed by atoms with Crippen LogP contribution in [0.1, 0.15) is 35.6 Å². The number of anilines is 1. The summed E-state index contributed by atoms with van der Waals surface area (Å²) in [5.41, 5.74) is 1.82. The summed E-state index contributed by atoms with van der Waals surface area (Å²) >= 11 is 1.40. The molecule has 4 heterocycles. The smallest absolute Gasteiger partial charge is 0.274 e. The number of nitrogens with zero attached hydrogens (tertiary/aromatic N) is 4. The molecule has 0 saturated carbocycles. The van der Waals surface area contributed by atoms with Gasteiger partial charge in [0.25, 0.3) is 5.91 Å². The van der Waals surface area contributed by atoms with Crippen molar-refractivity contribution < 1.29 is 13.2 Å². The van der Waals surface area contributed by atoms with Gasteiger partial charge in [-0.2, -0.15) is 0 Å². The molecule has 3 aromatic heterocycles. The normalized spacial score (nSPS) is 18.1. The number of amides is 1. The molecule has 1 aliphatic rings. The molecule has 3 aromatic rings. The average Bonchev–Trinajstić information content (AvgIpc) is 3.37. The number of hydrogen-bond acceptors (Lipinski definition) is 8. The summed E-state index contributed by atoms with van der Waals surface area (Å²) in [6.07, 6.45) is 3.39. The quantitative estimate of drug-likeness (QED) is 0.662. The molecule has 152 valence electrons. The summed E-state index contributed by atoms with van der Waals surface area (Å²) in [6, 6.07) is 7.36. The lowest BCUT2D eigenvalue weighted by Crippen LogP contribution is -2.32. The number of carbonyl (C=O) groups excluding carboxylic acids is 1. The first-order valence-electron chi connectivity index (χ1n) is 9.24. The van der Waals surface area contributed by atoms with E-state index in [1.54, 1.807) is 11.1 Å². The number of aromatic nitrogens is 3. The highest BCUT2D eigenvalue weighted by molar-refractivity contribution is 7.91. The molecule has 1 saturated heterocycles. The molecule has 1 amide bonds. The fourth-order valence-corrected chi connectivity index (χ4v) is 5.18. The molecule has 0 aromatic carbocycles. The van der Waals surface area contributed by atoms with E-state index in [0.29, 0.717) is 34.8 Å². The van der Waals surface area contributed by atoms with Gasteiger partial charge in [-0.25, -0.2) is 18.4 Å². The van der Waals surface area contributed by atoms with E-state index in [-0.39, 0.29) is 18.5 Å². The van der Waals surface area contributed by atoms with Crippen molar-refractivity contribution in [3.05, 3.63) is 47.2 Å². The molecule has 4 rings (SSSR count). The maximum absolute atomic E-state index is 13.1. The van der Waals surface area contributed by atoms with Gasteiger partial charge >= 0.3 is 0 Å². The molecule has 2 atom stereocenters. The van der Waals surface area contributed by atoms with Gasteiger partial charge < -0.3 is 10.2 Å². The molecular formula is C19H21N5O3S2. The van der Waals surface area contributed by atoms with Gasteiger partial charge in [-0.05, 0) is 36.9 Å². The van der Waals surface area contributed by atoms with Crippen molar-refractivity contribution in [3.63, 3.8) is 0 Å². The molecule has 1 aliphatic heterocycles. The van der Waals surface area contributed by atoms with E-state index in [4.69, 9.17) is 0 Å². The summed E-state index contributed by atoms with van der Waals surface area (Å²) < 4.78 is 24.4. The fourth-order valence-electron chi connectivity index (χ4n) is 3.38. The van der Waals surface area contributed by atoms with Crippen LogP contribution in [0.3, 0.4) is 0 Å². The number of sulfone groups is 1. The number of pyridine rings is 1. The largest absolute Gasteiger partial charge is 0.346 e. The summed E-state index contributed by atoms with van der Waals surface area (Å²) in [7, 11) is -3.18. The molecule has 0 bridgehead atoms. The number of thiophene rings is 1. The molecule has 1 N–H and O–H groups in total. The Morgan fingerprint density at radius 3 is 2.83 bits per heavy atom. The van der Waals surface area contributed by atoms with Crippen LogP contribution < -0.4 is 5.32 Å². The van der Waals surface area contributed by atoms with Crippen LogP contribution in [0.5, 0.6) is 0 Å². The van der Waals surface area contributed by atoms with E-state index < -0.39 is 15.1 Å². The molecule has 2 unspecified atom stereocenters. The minimum atomic E-state index is -3.18. The lowest BCUT2D eigenvalue weighted by Gasteiger charge is -2.18. The minimum absolute atomic E-state index is 0.142. The summed E-state index contributed by atoms with van der Waals surface area (Å²) in [4.78, 5) is 28.1. The van der Waals surface area contributed by atoms with Crippen molar-refractivity contribution in [2.24, 2.45) is 0 Å². The monoisotopic (exact) mass is 431 g/mol. The van der Waals surface area contributed by atoms with Crippen molar-refractivity contribution in [1.29, 1.82) is 0 Å². The highest BCUT2D eigenvalue weighted by atomic mass is 32.2. The Morgan fingerprint density at radius 2 is 2.14 bits per heavy atom. The fraction of sp³-hybridized carbons (Fsp3) is 0.368. The number of fused-ring (bicyclic) bond motifs is 1. The van der Waals surface area contributed by atoms with Gasteiger partial charge in [0.1, 0.15) is 0 Å². The Labute approximate surface area is 172 Å². The third kappa shape index (κ3) is 4.08. The zero-order chi connectivity index (χ0) is 20.6. The first-order chi connectivity index (χ1) is 13.8. The lowest BCUT2D eigenvalue weighted by molar-refractivity contribution is 0.0789. The molecule has 0 radical (unpaired) electrons. The number of likely N-dealkylation sites (tertiary alicyclic amines) is 1. The van der Waals surface area contributed by atoms with Crippen LogP contribution >= 0.6 is 11.3 Å². The van der Waals surface area contributed by atoms with Gasteiger partial charge in [0.2, 0.25) is 5.95 Å². The third-order valence-corrected chi connectivity index (χ3v) is 7.53. The van der Waals surface area contributed by atoms with Crippen molar-refractivity contribution in [3.8, 4) is 0 Å². The Morgan fingerprint density at radius 1 is 1.31 bits per heavy atom. The summed E-state index contributed by atoms with van der Waals surface area (Å²) in [6.45, 7) is 2.55. The van der Waals surface area contributed by atoms with Gasteiger partial charge in [-0.1, -0.05) is 6.07 Å². The molecule has 8 nitrogen and oxygen atoms in total. The molecule has 29 heavy (non-hydrogen) atoms. The number of carbonyl (C=O) groups is 1. The predicted octanol–water partition coefficient (Wildman–Crippen LogP) is 2.52. The number of nitrogens with one attached hydrogen (secondary N) is 1. The van der Waals surface area contributed by atoms with Gasteiger partial charge in [0, 0.05) is 25.5 Å². The average molecular weight is 432 g/mol. The first kappa shape index (κ1) is 19.7. The molecule has 0 spiro atoms. The van der Waals surface area contributed by atoms with Crippen molar-refractivity contribution in [2.75, 3.05) is 24.7 Å². The first-order valence-corrected chi connectivity index (χ1v) is 12.1. The van der Waals surface area contributed by atoms with E-state index in [0.717, 1.165) is 5.69 Å². The van der Waals surface area contributed by atoms with Gasteiger partial charge in [-0.15, -0.1) is 11.3 Å². The highest BCUT2D eigenvalue weighted by Gasteiger charge is 2.34. The van der Waals surface area contributed by atoms with Crippen molar-refractivity contribution in [1.82, 2.24) is 19.9 Å². The number of hydrogen-bond donors (Lipinski definition) is 1. The van der Waals surface area contributed by atoms with Crippen LogP contribution in [0, 0.1) is 0 Å². The topological polar surface area (TPSA) is 105 Å². The second-order valence-corrected chi connectivity index (χ2v) is 10.4. The maximum Gasteiger partial charge on any atom is 0.274 e. The molecule has 0 aliphatic carbocycles. The molecular weight excluding hydrogens is 410 g/mol. The van der Waals surface area contributed by atoms with Gasteiger partial charge in [-0.3, -0.25) is 9.78 Å². The Balaban J connectivity index is 1.62. The predicted molar refractivity (Wildman–Crippen MR) is 113 cm³/mol. The molecule has 1 fully saturated rings. The SMILES string of the molecule is CC(Nc1nc(C(=O)N2CCC(S(C)(=O)=O)C2)c2sccc2n1)c1ccccn1. The number of rotatable bonds is 5. The van der Waals surface area contributed by atoms with Crippen LogP contribution in [-0.2, 0) is 9.84 Å². The Bertz CT molecular complexity index is 1150. The van der Waals surface area contributed by atoms with Crippen LogP contribution in [0.2, 0.25) is 0 Å². The van der Waals surface area contributed by atoms with E-state index in [1.165, 1.54) is 17.6 Å². The second kappa shape index (κ2) is 7.68. The van der Waals surface area contributed by atoms with Crippen LogP contribution in [-0.4, -0.2) is 58.8 Å². The highest BCUT2D eigenvalue weighted by Crippen LogP contribution is 2.27. The van der Waals surface area contributed by atoms with Crippen LogP contribution in [0.4, 0.5) is 5.95 Å². The lowest BCUT2D eigenvalue weighted by atomic mass is 10.2. The zero-order valence-electron chi connectivity index (χ0n) is 16.1. The van der Waals surface area contributed by atoms with E-state index in [1.807, 2.05) is 36.6 Å². The van der Waals surface area contributed by atoms with Gasteiger partial charge in [0.15, 0.2) is 15.5 Å². The van der Waals surface area contributed by atoms with Crippen molar-refractivity contribution >= 4 is 43.2 Å². The molecule has 10 heteroatoms. The Kier molecular flexibility index (Phi) is 5.22.